The second-order valence-electron chi connectivity index (χ2n) is 11.6. The molecule has 0 aliphatic rings. The average Bonchev–Trinajstić information content (AvgIpc) is 3.65. The third-order valence-corrected chi connectivity index (χ3v) is 8.76. The molecule has 46 heavy (non-hydrogen) atoms. The van der Waals surface area contributed by atoms with Crippen LogP contribution in [0.1, 0.15) is 15.2 Å². The molecule has 3 heterocycles. The SMILES string of the molecule is [2H]C([2H])([2H])c1ccc(-c2nc(-c3ccc(C)cc3)nc(-n3c4ccccc4c4ccc5c6ccccc6n(-c6ccccc6)c5c43)n2)cc1. The van der Waals surface area contributed by atoms with Gasteiger partial charge in [-0.25, -0.2) is 4.98 Å². The van der Waals surface area contributed by atoms with E-state index in [0.29, 0.717) is 23.2 Å². The smallest absolute Gasteiger partial charge is 0.238 e. The monoisotopic (exact) mass is 594 g/mol. The number of hydrogen-bond acceptors (Lipinski definition) is 3. The summed E-state index contributed by atoms with van der Waals surface area (Å²) in [5, 5.41) is 4.46. The van der Waals surface area contributed by atoms with Crippen molar-refractivity contribution in [3.05, 3.63) is 151 Å². The zero-order valence-corrected chi connectivity index (χ0v) is 25.0. The number of aromatic nitrogens is 5. The fraction of sp³-hybridized carbons (Fsp3) is 0.0488. The Labute approximate surface area is 270 Å². The summed E-state index contributed by atoms with van der Waals surface area (Å²) in [5.41, 5.74) is 8.15. The van der Waals surface area contributed by atoms with Gasteiger partial charge in [0.15, 0.2) is 11.6 Å². The highest BCUT2D eigenvalue weighted by molar-refractivity contribution is 6.23. The molecule has 5 heteroatoms. The molecule has 0 unspecified atom stereocenters. The van der Waals surface area contributed by atoms with E-state index in [0.717, 1.165) is 60.4 Å². The molecule has 9 rings (SSSR count). The van der Waals surface area contributed by atoms with Crippen molar-refractivity contribution in [3.8, 4) is 34.4 Å². The van der Waals surface area contributed by atoms with Crippen molar-refractivity contribution in [2.24, 2.45) is 0 Å². The van der Waals surface area contributed by atoms with Gasteiger partial charge in [-0.05, 0) is 38.0 Å². The lowest BCUT2D eigenvalue weighted by Crippen LogP contribution is -2.07. The van der Waals surface area contributed by atoms with Crippen LogP contribution in [0.15, 0.2) is 140 Å². The Bertz CT molecular complexity index is 2690. The molecule has 0 saturated carbocycles. The Morgan fingerprint density at radius 1 is 0.457 bits per heavy atom. The summed E-state index contributed by atoms with van der Waals surface area (Å²) in [6, 6.07) is 46.7. The first-order valence-corrected chi connectivity index (χ1v) is 15.3. The molecule has 0 spiro atoms. The first-order valence-electron chi connectivity index (χ1n) is 16.8. The highest BCUT2D eigenvalue weighted by Crippen LogP contribution is 2.41. The molecule has 0 saturated heterocycles. The summed E-state index contributed by atoms with van der Waals surface area (Å²) >= 11 is 0. The maximum atomic E-state index is 7.87. The minimum absolute atomic E-state index is 0.266. The number of para-hydroxylation sites is 3. The molecule has 0 amide bonds. The van der Waals surface area contributed by atoms with Gasteiger partial charge >= 0.3 is 0 Å². The Hall–Kier alpha value is -6.07. The van der Waals surface area contributed by atoms with E-state index in [4.69, 9.17) is 19.1 Å². The van der Waals surface area contributed by atoms with Crippen molar-refractivity contribution in [1.82, 2.24) is 24.1 Å². The third kappa shape index (κ3) is 4.06. The number of aryl methyl sites for hydroxylation is 2. The van der Waals surface area contributed by atoms with Crippen LogP contribution >= 0.6 is 0 Å². The molecule has 9 aromatic rings. The maximum absolute atomic E-state index is 7.87. The summed E-state index contributed by atoms with van der Waals surface area (Å²) in [7, 11) is 0. The minimum Gasteiger partial charge on any atom is -0.307 e. The van der Waals surface area contributed by atoms with Crippen molar-refractivity contribution in [3.63, 3.8) is 0 Å². The minimum atomic E-state index is -2.21. The van der Waals surface area contributed by atoms with Gasteiger partial charge in [0.2, 0.25) is 5.95 Å². The van der Waals surface area contributed by atoms with Crippen molar-refractivity contribution in [1.29, 1.82) is 0 Å². The summed E-state index contributed by atoms with van der Waals surface area (Å²) in [6.07, 6.45) is 0. The molecule has 0 atom stereocenters. The summed E-state index contributed by atoms with van der Waals surface area (Å²) in [4.78, 5) is 15.2. The number of fused-ring (bicyclic) bond motifs is 7. The quantitative estimate of drug-likeness (QED) is 0.204. The van der Waals surface area contributed by atoms with E-state index in [1.807, 2.05) is 36.4 Å². The van der Waals surface area contributed by atoms with Crippen LogP contribution in [0, 0.1) is 13.8 Å². The average molecular weight is 595 g/mol. The molecule has 0 bridgehead atoms. The van der Waals surface area contributed by atoms with Crippen molar-refractivity contribution < 1.29 is 4.11 Å². The lowest BCUT2D eigenvalue weighted by atomic mass is 10.1. The van der Waals surface area contributed by atoms with E-state index >= 15 is 0 Å². The molecule has 3 aromatic heterocycles. The normalized spacial score (nSPS) is 12.9. The fourth-order valence-corrected chi connectivity index (χ4v) is 6.60. The van der Waals surface area contributed by atoms with Crippen LogP contribution in [0.2, 0.25) is 0 Å². The molecule has 5 nitrogen and oxygen atoms in total. The molecule has 0 radical (unpaired) electrons. The number of benzene rings is 6. The fourth-order valence-electron chi connectivity index (χ4n) is 6.60. The van der Waals surface area contributed by atoms with E-state index in [-0.39, 0.29) is 5.56 Å². The third-order valence-electron chi connectivity index (χ3n) is 8.76. The van der Waals surface area contributed by atoms with Crippen LogP contribution in [0.5, 0.6) is 0 Å². The lowest BCUT2D eigenvalue weighted by molar-refractivity contribution is 0.953. The largest absolute Gasteiger partial charge is 0.307 e. The Morgan fingerprint density at radius 3 is 1.54 bits per heavy atom. The standard InChI is InChI=1S/C41H29N5/c1-26-16-20-28(21-17-26)39-42-40(29-22-18-27(2)19-23-29)44-41(43-39)46-36-15-9-7-13-32(36)34-25-24-33-31-12-6-8-14-35(31)45(37(33)38(34)46)30-10-4-3-5-11-30/h3-25H,1-2H3/i1D3. The van der Waals surface area contributed by atoms with E-state index in [2.05, 4.69) is 94.9 Å². The van der Waals surface area contributed by atoms with Crippen LogP contribution in [0.25, 0.3) is 78.0 Å². The molecule has 0 aliphatic heterocycles. The highest BCUT2D eigenvalue weighted by atomic mass is 15.2. The molecule has 0 aliphatic carbocycles. The second kappa shape index (κ2) is 10.2. The molecule has 6 aromatic carbocycles. The van der Waals surface area contributed by atoms with Gasteiger partial charge in [0.05, 0.1) is 22.1 Å². The van der Waals surface area contributed by atoms with Gasteiger partial charge < -0.3 is 4.57 Å². The van der Waals surface area contributed by atoms with E-state index < -0.39 is 6.85 Å². The van der Waals surface area contributed by atoms with Gasteiger partial charge in [-0.3, -0.25) is 4.57 Å². The van der Waals surface area contributed by atoms with Crippen LogP contribution in [0.4, 0.5) is 0 Å². The van der Waals surface area contributed by atoms with Gasteiger partial charge in [0.1, 0.15) is 0 Å². The van der Waals surface area contributed by atoms with E-state index in [1.54, 1.807) is 24.3 Å². The lowest BCUT2D eigenvalue weighted by Gasteiger charge is -2.13. The first kappa shape index (κ1) is 23.3. The molecular weight excluding hydrogens is 562 g/mol. The van der Waals surface area contributed by atoms with Gasteiger partial charge in [-0.15, -0.1) is 0 Å². The predicted octanol–water partition coefficient (Wildman–Crippen LogP) is 10.0. The Morgan fingerprint density at radius 2 is 0.957 bits per heavy atom. The van der Waals surface area contributed by atoms with Crippen molar-refractivity contribution in [2.45, 2.75) is 13.8 Å². The summed E-state index contributed by atoms with van der Waals surface area (Å²) in [5.74, 6) is 1.46. The van der Waals surface area contributed by atoms with Crippen LogP contribution in [-0.4, -0.2) is 24.1 Å². The van der Waals surface area contributed by atoms with Crippen LogP contribution in [-0.2, 0) is 0 Å². The Balaban J connectivity index is 1.42. The van der Waals surface area contributed by atoms with Gasteiger partial charge in [-0.1, -0.05) is 126 Å². The second-order valence-corrected chi connectivity index (χ2v) is 11.6. The van der Waals surface area contributed by atoms with Gasteiger partial charge in [0.25, 0.3) is 0 Å². The number of nitrogens with zero attached hydrogens (tertiary/aromatic N) is 5. The molecule has 0 fully saturated rings. The summed E-state index contributed by atoms with van der Waals surface area (Å²) in [6.45, 7) is -0.156. The first-order chi connectivity index (χ1) is 23.8. The van der Waals surface area contributed by atoms with E-state index in [9.17, 15) is 0 Å². The highest BCUT2D eigenvalue weighted by Gasteiger charge is 2.23. The predicted molar refractivity (Wildman–Crippen MR) is 189 cm³/mol. The molecule has 218 valence electrons. The van der Waals surface area contributed by atoms with Gasteiger partial charge in [0, 0.05) is 42.5 Å². The van der Waals surface area contributed by atoms with Crippen LogP contribution < -0.4 is 0 Å². The number of rotatable bonds is 4. The van der Waals surface area contributed by atoms with Gasteiger partial charge in [-0.2, -0.15) is 9.97 Å². The van der Waals surface area contributed by atoms with Crippen molar-refractivity contribution >= 4 is 43.6 Å². The Kier molecular flexibility index (Phi) is 5.20. The zero-order chi connectivity index (χ0) is 33.3. The zero-order valence-electron chi connectivity index (χ0n) is 28.0. The molecule has 0 N–H and O–H groups in total. The van der Waals surface area contributed by atoms with Crippen molar-refractivity contribution in [2.75, 3.05) is 0 Å². The van der Waals surface area contributed by atoms with E-state index in [1.165, 1.54) is 0 Å². The molecular formula is C41H29N5. The van der Waals surface area contributed by atoms with Crippen LogP contribution in [0.3, 0.4) is 0 Å². The topological polar surface area (TPSA) is 48.5 Å². The maximum Gasteiger partial charge on any atom is 0.238 e. The number of hydrogen-bond donors (Lipinski definition) is 0. The summed E-state index contributed by atoms with van der Waals surface area (Å²) < 4.78 is 28.1.